The van der Waals surface area contributed by atoms with E-state index in [1.54, 1.807) is 6.07 Å². The number of thiophene rings is 1. The third kappa shape index (κ3) is 5.30. The molecule has 0 aromatic carbocycles. The van der Waals surface area contributed by atoms with Gasteiger partial charge in [0.1, 0.15) is 0 Å². The van der Waals surface area contributed by atoms with Crippen LogP contribution in [0.3, 0.4) is 0 Å². The minimum Gasteiger partial charge on any atom is -0.380 e. The molecule has 0 aliphatic rings. The molecular weight excluding hydrogens is 314 g/mol. The highest BCUT2D eigenvalue weighted by Gasteiger charge is 2.06. The maximum atomic E-state index is 11.6. The van der Waals surface area contributed by atoms with Gasteiger partial charge in [0.15, 0.2) is 0 Å². The first-order chi connectivity index (χ1) is 7.74. The van der Waals surface area contributed by atoms with Crippen molar-refractivity contribution in [3.05, 3.63) is 20.8 Å². The summed E-state index contributed by atoms with van der Waals surface area (Å²) in [7, 11) is 0. The lowest BCUT2D eigenvalue weighted by atomic mass is 10.4. The van der Waals surface area contributed by atoms with Crippen molar-refractivity contribution in [2.45, 2.75) is 6.42 Å². The summed E-state index contributed by atoms with van der Waals surface area (Å²) in [5.41, 5.74) is 0. The Morgan fingerprint density at radius 2 is 2.31 bits per heavy atom. The summed E-state index contributed by atoms with van der Waals surface area (Å²) in [5.74, 6) is 0.475. The number of hydrogen-bond acceptors (Lipinski definition) is 3. The molecule has 6 heteroatoms. The molecule has 16 heavy (non-hydrogen) atoms. The van der Waals surface area contributed by atoms with Gasteiger partial charge in [-0.05, 0) is 34.5 Å². The van der Waals surface area contributed by atoms with Crippen LogP contribution in [0.1, 0.15) is 16.1 Å². The molecule has 1 aromatic rings. The Morgan fingerprint density at radius 3 is 2.94 bits per heavy atom. The zero-order valence-electron chi connectivity index (χ0n) is 8.67. The Kier molecular flexibility index (Phi) is 7.03. The van der Waals surface area contributed by atoms with Crippen LogP contribution in [0.25, 0.3) is 0 Å². The first-order valence-corrected chi connectivity index (χ1v) is 7.05. The van der Waals surface area contributed by atoms with E-state index >= 15 is 0 Å². The van der Waals surface area contributed by atoms with Crippen molar-refractivity contribution in [1.82, 2.24) is 5.32 Å². The lowest BCUT2D eigenvalue weighted by molar-refractivity contribution is 0.0948. The topological polar surface area (TPSA) is 38.3 Å². The molecule has 0 saturated carbocycles. The molecule has 0 atom stereocenters. The van der Waals surface area contributed by atoms with Gasteiger partial charge in [0, 0.05) is 19.0 Å². The highest BCUT2D eigenvalue weighted by Crippen LogP contribution is 2.21. The summed E-state index contributed by atoms with van der Waals surface area (Å²) in [6, 6.07) is 3.66. The van der Waals surface area contributed by atoms with Crippen LogP contribution < -0.4 is 5.32 Å². The summed E-state index contributed by atoms with van der Waals surface area (Å²) < 4.78 is 6.15. The van der Waals surface area contributed by atoms with Gasteiger partial charge in [-0.1, -0.05) is 0 Å². The van der Waals surface area contributed by atoms with Crippen molar-refractivity contribution in [2.75, 3.05) is 25.6 Å². The first kappa shape index (κ1) is 14.0. The number of amides is 1. The summed E-state index contributed by atoms with van der Waals surface area (Å²) in [6.45, 7) is 1.81. The van der Waals surface area contributed by atoms with Gasteiger partial charge in [0.2, 0.25) is 0 Å². The molecule has 0 bridgehead atoms. The van der Waals surface area contributed by atoms with Gasteiger partial charge in [-0.25, -0.2) is 0 Å². The Balaban J connectivity index is 2.11. The van der Waals surface area contributed by atoms with Crippen LogP contribution >= 0.6 is 38.9 Å². The van der Waals surface area contributed by atoms with Crippen molar-refractivity contribution in [1.29, 1.82) is 0 Å². The van der Waals surface area contributed by atoms with Crippen LogP contribution in [0.5, 0.6) is 0 Å². The zero-order valence-corrected chi connectivity index (χ0v) is 11.8. The molecule has 1 heterocycles. The number of carbonyl (C=O) groups is 1. The Bertz CT molecular complexity index is 332. The van der Waals surface area contributed by atoms with Crippen molar-refractivity contribution < 1.29 is 9.53 Å². The van der Waals surface area contributed by atoms with Crippen molar-refractivity contribution in [3.63, 3.8) is 0 Å². The predicted molar refractivity (Wildman–Crippen MR) is 70.5 cm³/mol. The van der Waals surface area contributed by atoms with Crippen LogP contribution in [-0.2, 0) is 4.74 Å². The van der Waals surface area contributed by atoms with Crippen LogP contribution in [0.4, 0.5) is 0 Å². The van der Waals surface area contributed by atoms with E-state index in [9.17, 15) is 4.79 Å². The maximum absolute atomic E-state index is 11.6. The molecule has 0 unspecified atom stereocenters. The Hall–Kier alpha value is -0.100. The number of halogens is 2. The first-order valence-electron chi connectivity index (χ1n) is 4.91. The number of carbonyl (C=O) groups excluding carboxylic acids is 1. The summed E-state index contributed by atoms with van der Waals surface area (Å²) in [6.07, 6.45) is 0.801. The zero-order chi connectivity index (χ0) is 11.8. The smallest absolute Gasteiger partial charge is 0.261 e. The number of nitrogens with one attached hydrogen (secondary N) is 1. The van der Waals surface area contributed by atoms with E-state index in [1.165, 1.54) is 11.3 Å². The lowest BCUT2D eigenvalue weighted by Gasteiger charge is -2.03. The third-order valence-corrected chi connectivity index (χ3v) is 3.55. The largest absolute Gasteiger partial charge is 0.380 e. The lowest BCUT2D eigenvalue weighted by Crippen LogP contribution is -2.24. The molecule has 1 rings (SSSR count). The second-order valence-corrected chi connectivity index (χ2v) is 5.86. The number of ether oxygens (including phenoxy) is 1. The van der Waals surface area contributed by atoms with Crippen molar-refractivity contribution in [2.24, 2.45) is 0 Å². The fourth-order valence-electron chi connectivity index (χ4n) is 1.06. The van der Waals surface area contributed by atoms with Crippen LogP contribution in [0, 0.1) is 0 Å². The number of hydrogen-bond donors (Lipinski definition) is 1. The van der Waals surface area contributed by atoms with E-state index < -0.39 is 0 Å². The highest BCUT2D eigenvalue weighted by molar-refractivity contribution is 9.11. The van der Waals surface area contributed by atoms with Gasteiger partial charge in [-0.3, -0.25) is 4.79 Å². The molecule has 0 radical (unpaired) electrons. The monoisotopic (exact) mass is 325 g/mol. The molecule has 0 spiro atoms. The predicted octanol–water partition coefficient (Wildman–Crippen LogP) is 2.89. The third-order valence-electron chi connectivity index (χ3n) is 1.77. The fraction of sp³-hybridized carbons (Fsp3) is 0.500. The quantitative estimate of drug-likeness (QED) is 0.618. The molecule has 1 N–H and O–H groups in total. The number of alkyl halides is 1. The van der Waals surface area contributed by atoms with E-state index in [4.69, 9.17) is 16.3 Å². The van der Waals surface area contributed by atoms with Gasteiger partial charge in [0.05, 0.1) is 15.3 Å². The SMILES string of the molecule is O=C(NCCCOCCCl)c1ccc(Br)s1. The molecule has 1 amide bonds. The summed E-state index contributed by atoms with van der Waals surface area (Å²) >= 11 is 10.2. The minimum atomic E-state index is -0.0342. The van der Waals surface area contributed by atoms with Gasteiger partial charge in [0.25, 0.3) is 5.91 Å². The van der Waals surface area contributed by atoms with Crippen molar-refractivity contribution in [3.8, 4) is 0 Å². The molecule has 0 aliphatic carbocycles. The van der Waals surface area contributed by atoms with Gasteiger partial charge < -0.3 is 10.1 Å². The van der Waals surface area contributed by atoms with Crippen LogP contribution in [-0.4, -0.2) is 31.5 Å². The van der Waals surface area contributed by atoms with E-state index in [1.807, 2.05) is 6.07 Å². The second kappa shape index (κ2) is 8.06. The van der Waals surface area contributed by atoms with Gasteiger partial charge in [-0.2, -0.15) is 0 Å². The molecule has 3 nitrogen and oxygen atoms in total. The van der Waals surface area contributed by atoms with Gasteiger partial charge >= 0.3 is 0 Å². The standard InChI is InChI=1S/C10H13BrClNO2S/c11-9-3-2-8(16-9)10(14)13-5-1-6-15-7-4-12/h2-3H,1,4-7H2,(H,13,14). The van der Waals surface area contributed by atoms with E-state index in [0.29, 0.717) is 30.5 Å². The highest BCUT2D eigenvalue weighted by atomic mass is 79.9. The Labute approximate surface area is 112 Å². The Morgan fingerprint density at radius 1 is 1.50 bits per heavy atom. The average molecular weight is 327 g/mol. The van der Waals surface area contributed by atoms with Gasteiger partial charge in [-0.15, -0.1) is 22.9 Å². The summed E-state index contributed by atoms with van der Waals surface area (Å²) in [5, 5.41) is 2.83. The van der Waals surface area contributed by atoms with Crippen molar-refractivity contribution >= 4 is 44.8 Å². The molecule has 0 fully saturated rings. The minimum absolute atomic E-state index is 0.0342. The molecule has 90 valence electrons. The molecule has 1 aromatic heterocycles. The second-order valence-electron chi connectivity index (χ2n) is 3.01. The molecule has 0 saturated heterocycles. The fourth-order valence-corrected chi connectivity index (χ4v) is 2.47. The summed E-state index contributed by atoms with van der Waals surface area (Å²) in [4.78, 5) is 12.3. The van der Waals surface area contributed by atoms with Crippen LogP contribution in [0.2, 0.25) is 0 Å². The van der Waals surface area contributed by atoms with E-state index in [2.05, 4.69) is 21.2 Å². The van der Waals surface area contributed by atoms with E-state index in [-0.39, 0.29) is 5.91 Å². The molecule has 0 aliphatic heterocycles. The average Bonchev–Trinajstić information content (AvgIpc) is 2.70. The normalized spacial score (nSPS) is 10.4. The van der Waals surface area contributed by atoms with Crippen LogP contribution in [0.15, 0.2) is 15.9 Å². The maximum Gasteiger partial charge on any atom is 0.261 e. The molecular formula is C10H13BrClNO2S. The van der Waals surface area contributed by atoms with E-state index in [0.717, 1.165) is 10.2 Å². The number of rotatable bonds is 7.